The lowest BCUT2D eigenvalue weighted by molar-refractivity contribution is -0.147. The lowest BCUT2D eigenvalue weighted by atomic mass is 10.1. The molecule has 0 aliphatic heterocycles. The van der Waals surface area contributed by atoms with Crippen molar-refractivity contribution >= 4 is 11.9 Å². The summed E-state index contributed by atoms with van der Waals surface area (Å²) in [5.74, 6) is -0.807. The van der Waals surface area contributed by atoms with Crippen LogP contribution in [0.3, 0.4) is 0 Å². The molecule has 0 aromatic carbocycles. The molecule has 0 aromatic rings. The first kappa shape index (κ1) is 18.9. The van der Waals surface area contributed by atoms with Gasteiger partial charge in [-0.25, -0.2) is 0 Å². The van der Waals surface area contributed by atoms with Crippen LogP contribution in [-0.2, 0) is 23.8 Å². The highest BCUT2D eigenvalue weighted by atomic mass is 16.5. The van der Waals surface area contributed by atoms with Crippen LogP contribution in [0.25, 0.3) is 0 Å². The molecule has 0 heterocycles. The SMILES string of the molecule is COCC(=O)N(CCCOC(C)C)CC(C)C(=O)OC. The van der Waals surface area contributed by atoms with E-state index in [4.69, 9.17) is 9.47 Å². The number of rotatable bonds is 10. The Morgan fingerprint density at radius 2 is 1.80 bits per heavy atom. The normalized spacial score (nSPS) is 12.3. The van der Waals surface area contributed by atoms with Gasteiger partial charge in [0.05, 0.1) is 19.1 Å². The van der Waals surface area contributed by atoms with Crippen molar-refractivity contribution in [3.63, 3.8) is 0 Å². The number of esters is 1. The van der Waals surface area contributed by atoms with Crippen LogP contribution in [-0.4, -0.2) is 63.4 Å². The molecule has 1 unspecified atom stereocenters. The summed E-state index contributed by atoms with van der Waals surface area (Å²) in [5, 5.41) is 0. The van der Waals surface area contributed by atoms with Gasteiger partial charge in [0, 0.05) is 26.8 Å². The second kappa shape index (κ2) is 10.6. The molecular weight excluding hydrogens is 262 g/mol. The number of amides is 1. The quantitative estimate of drug-likeness (QED) is 0.445. The zero-order valence-electron chi connectivity index (χ0n) is 13.2. The predicted molar refractivity (Wildman–Crippen MR) is 75.3 cm³/mol. The van der Waals surface area contributed by atoms with Crippen LogP contribution in [0.2, 0.25) is 0 Å². The summed E-state index contributed by atoms with van der Waals surface area (Å²) in [6.45, 7) is 7.14. The van der Waals surface area contributed by atoms with Gasteiger partial charge < -0.3 is 19.1 Å². The molecule has 0 bridgehead atoms. The van der Waals surface area contributed by atoms with Gasteiger partial charge in [-0.05, 0) is 20.3 Å². The summed E-state index contributed by atoms with van der Waals surface area (Å²) in [5.41, 5.74) is 0. The summed E-state index contributed by atoms with van der Waals surface area (Å²) in [7, 11) is 2.82. The molecule has 0 aliphatic rings. The Morgan fingerprint density at radius 1 is 1.15 bits per heavy atom. The van der Waals surface area contributed by atoms with E-state index in [1.54, 1.807) is 11.8 Å². The van der Waals surface area contributed by atoms with Crippen LogP contribution in [0.5, 0.6) is 0 Å². The molecule has 20 heavy (non-hydrogen) atoms. The molecule has 0 N–H and O–H groups in total. The third-order valence-electron chi connectivity index (χ3n) is 2.74. The Labute approximate surface area is 121 Å². The van der Waals surface area contributed by atoms with E-state index in [2.05, 4.69) is 4.74 Å². The van der Waals surface area contributed by atoms with E-state index >= 15 is 0 Å². The van der Waals surface area contributed by atoms with E-state index in [9.17, 15) is 9.59 Å². The average Bonchev–Trinajstić information content (AvgIpc) is 2.40. The zero-order chi connectivity index (χ0) is 15.5. The lowest BCUT2D eigenvalue weighted by Gasteiger charge is -2.25. The van der Waals surface area contributed by atoms with Crippen molar-refractivity contribution in [1.29, 1.82) is 0 Å². The third-order valence-corrected chi connectivity index (χ3v) is 2.74. The van der Waals surface area contributed by atoms with Gasteiger partial charge in [-0.15, -0.1) is 0 Å². The fourth-order valence-corrected chi connectivity index (χ4v) is 1.71. The van der Waals surface area contributed by atoms with E-state index in [0.29, 0.717) is 19.7 Å². The molecule has 0 rings (SSSR count). The third kappa shape index (κ3) is 8.12. The number of carbonyl (C=O) groups is 2. The van der Waals surface area contributed by atoms with Crippen molar-refractivity contribution in [1.82, 2.24) is 4.90 Å². The highest BCUT2D eigenvalue weighted by Crippen LogP contribution is 2.05. The number of hydrogen-bond donors (Lipinski definition) is 0. The highest BCUT2D eigenvalue weighted by Gasteiger charge is 2.21. The van der Waals surface area contributed by atoms with Gasteiger partial charge in [-0.3, -0.25) is 9.59 Å². The van der Waals surface area contributed by atoms with E-state index in [1.165, 1.54) is 14.2 Å². The Morgan fingerprint density at radius 3 is 2.30 bits per heavy atom. The molecular formula is C14H27NO5. The van der Waals surface area contributed by atoms with Gasteiger partial charge in [0.1, 0.15) is 6.61 Å². The fraction of sp³-hybridized carbons (Fsp3) is 0.857. The van der Waals surface area contributed by atoms with Gasteiger partial charge in [0.2, 0.25) is 5.91 Å². The number of ether oxygens (including phenoxy) is 3. The Hall–Kier alpha value is -1.14. The van der Waals surface area contributed by atoms with Crippen LogP contribution in [0.1, 0.15) is 27.2 Å². The van der Waals surface area contributed by atoms with Crippen LogP contribution in [0.4, 0.5) is 0 Å². The first-order valence-electron chi connectivity index (χ1n) is 6.88. The Balaban J connectivity index is 4.34. The predicted octanol–water partition coefficient (Wildman–Crippen LogP) is 1.09. The smallest absolute Gasteiger partial charge is 0.310 e. The minimum absolute atomic E-state index is 0.0128. The highest BCUT2D eigenvalue weighted by molar-refractivity contribution is 5.78. The molecule has 1 amide bonds. The van der Waals surface area contributed by atoms with Crippen molar-refractivity contribution in [3.05, 3.63) is 0 Å². The van der Waals surface area contributed by atoms with Crippen molar-refractivity contribution in [2.75, 3.05) is 40.5 Å². The molecule has 0 fully saturated rings. The maximum Gasteiger partial charge on any atom is 0.310 e. The Kier molecular flexibility index (Phi) is 10.0. The van der Waals surface area contributed by atoms with Crippen LogP contribution in [0.15, 0.2) is 0 Å². The summed E-state index contributed by atoms with van der Waals surface area (Å²) in [4.78, 5) is 25.0. The van der Waals surface area contributed by atoms with E-state index < -0.39 is 0 Å². The van der Waals surface area contributed by atoms with Crippen LogP contribution < -0.4 is 0 Å². The molecule has 0 aromatic heterocycles. The maximum atomic E-state index is 11.9. The summed E-state index contributed by atoms with van der Waals surface area (Å²) in [6.07, 6.45) is 0.897. The molecule has 0 aliphatic carbocycles. The van der Waals surface area contributed by atoms with Crippen molar-refractivity contribution in [2.45, 2.75) is 33.3 Å². The van der Waals surface area contributed by atoms with Gasteiger partial charge in [-0.1, -0.05) is 6.92 Å². The van der Waals surface area contributed by atoms with E-state index in [0.717, 1.165) is 6.42 Å². The van der Waals surface area contributed by atoms with Gasteiger partial charge in [0.15, 0.2) is 0 Å². The van der Waals surface area contributed by atoms with Crippen molar-refractivity contribution in [2.24, 2.45) is 5.92 Å². The first-order valence-corrected chi connectivity index (χ1v) is 6.88. The maximum absolute atomic E-state index is 11.9. The van der Waals surface area contributed by atoms with Gasteiger partial charge >= 0.3 is 5.97 Å². The Bertz CT molecular complexity index is 293. The van der Waals surface area contributed by atoms with E-state index in [-0.39, 0.29) is 30.5 Å². The van der Waals surface area contributed by atoms with Gasteiger partial charge in [0.25, 0.3) is 0 Å². The van der Waals surface area contributed by atoms with Crippen LogP contribution in [0, 0.1) is 5.92 Å². The molecule has 0 saturated carbocycles. The molecule has 6 nitrogen and oxygen atoms in total. The minimum atomic E-state index is -0.355. The molecule has 1 atom stereocenters. The second-order valence-electron chi connectivity index (χ2n) is 4.97. The monoisotopic (exact) mass is 289 g/mol. The summed E-state index contributed by atoms with van der Waals surface area (Å²) in [6, 6.07) is 0. The molecule has 0 radical (unpaired) electrons. The average molecular weight is 289 g/mol. The van der Waals surface area contributed by atoms with Crippen LogP contribution >= 0.6 is 0 Å². The minimum Gasteiger partial charge on any atom is -0.469 e. The zero-order valence-corrected chi connectivity index (χ0v) is 13.2. The fourth-order valence-electron chi connectivity index (χ4n) is 1.71. The topological polar surface area (TPSA) is 65.1 Å². The molecule has 0 saturated heterocycles. The number of hydrogen-bond acceptors (Lipinski definition) is 5. The molecule has 0 spiro atoms. The largest absolute Gasteiger partial charge is 0.469 e. The number of carbonyl (C=O) groups excluding carboxylic acids is 2. The lowest BCUT2D eigenvalue weighted by Crippen LogP contribution is -2.40. The molecule has 6 heteroatoms. The van der Waals surface area contributed by atoms with Crippen molar-refractivity contribution in [3.8, 4) is 0 Å². The first-order chi connectivity index (χ1) is 9.42. The second-order valence-corrected chi connectivity index (χ2v) is 4.97. The summed E-state index contributed by atoms with van der Waals surface area (Å²) >= 11 is 0. The number of methoxy groups -OCH3 is 2. The summed E-state index contributed by atoms with van der Waals surface area (Å²) < 4.78 is 15.0. The van der Waals surface area contributed by atoms with Crippen molar-refractivity contribution < 1.29 is 23.8 Å². The number of nitrogens with zero attached hydrogens (tertiary/aromatic N) is 1. The standard InChI is InChI=1S/C14H27NO5/c1-11(2)20-8-6-7-15(13(16)10-18-4)9-12(3)14(17)19-5/h11-12H,6-10H2,1-5H3. The molecule has 118 valence electrons. The van der Waals surface area contributed by atoms with E-state index in [1.807, 2.05) is 13.8 Å². The van der Waals surface area contributed by atoms with Gasteiger partial charge in [-0.2, -0.15) is 0 Å².